The van der Waals surface area contributed by atoms with Gasteiger partial charge in [0.1, 0.15) is 0 Å². The number of nitrogens with zero attached hydrogens (tertiary/aromatic N) is 2. The topological polar surface area (TPSA) is 81.5 Å². The maximum Gasteiger partial charge on any atom is 0.339 e. The van der Waals surface area contributed by atoms with E-state index >= 15 is 0 Å². The summed E-state index contributed by atoms with van der Waals surface area (Å²) in [5.74, 6) is -0.565. The summed E-state index contributed by atoms with van der Waals surface area (Å²) in [4.78, 5) is 18.7. The highest BCUT2D eigenvalue weighted by Gasteiger charge is 2.16. The molecule has 1 aromatic heterocycles. The van der Waals surface area contributed by atoms with Crippen molar-refractivity contribution < 1.29 is 19.4 Å². The lowest BCUT2D eigenvalue weighted by Crippen LogP contribution is -2.22. The summed E-state index contributed by atoms with van der Waals surface area (Å²) in [7, 11) is 0. The van der Waals surface area contributed by atoms with Gasteiger partial charge in [0.2, 0.25) is 0 Å². The van der Waals surface area contributed by atoms with Crippen molar-refractivity contribution in [3.05, 3.63) is 17.5 Å². The third kappa shape index (κ3) is 3.16. The number of hydrogen-bond acceptors (Lipinski definition) is 5. The molecular formula is C12H16N2O4. The Labute approximate surface area is 105 Å². The summed E-state index contributed by atoms with van der Waals surface area (Å²) in [6, 6.07) is 0.240. The molecule has 98 valence electrons. The average molecular weight is 252 g/mol. The van der Waals surface area contributed by atoms with E-state index in [1.165, 1.54) is 6.20 Å². The molecule has 0 bridgehead atoms. The normalized spacial score (nSPS) is 16.5. The van der Waals surface area contributed by atoms with E-state index < -0.39 is 5.97 Å². The zero-order chi connectivity index (χ0) is 13.0. The van der Waals surface area contributed by atoms with Gasteiger partial charge in [-0.1, -0.05) is 0 Å². The zero-order valence-electron chi connectivity index (χ0n) is 10.3. The van der Waals surface area contributed by atoms with Crippen LogP contribution < -0.4 is 4.74 Å². The van der Waals surface area contributed by atoms with Gasteiger partial charge in [0, 0.05) is 19.4 Å². The first-order valence-corrected chi connectivity index (χ1v) is 5.94. The highest BCUT2D eigenvalue weighted by Crippen LogP contribution is 2.16. The Morgan fingerprint density at radius 3 is 2.89 bits per heavy atom. The molecule has 0 aromatic carbocycles. The largest absolute Gasteiger partial charge is 0.478 e. The number of carbonyl (C=O) groups is 1. The highest BCUT2D eigenvalue weighted by atomic mass is 16.5. The second kappa shape index (κ2) is 5.77. The Bertz CT molecular complexity index is 430. The molecule has 1 aromatic rings. The van der Waals surface area contributed by atoms with Crippen LogP contribution in [0.3, 0.4) is 0 Å². The molecule has 0 saturated carbocycles. The van der Waals surface area contributed by atoms with Crippen LogP contribution in [0.15, 0.2) is 6.20 Å². The van der Waals surface area contributed by atoms with Crippen molar-refractivity contribution in [3.8, 4) is 6.01 Å². The Kier molecular flexibility index (Phi) is 4.09. The van der Waals surface area contributed by atoms with Crippen molar-refractivity contribution in [1.29, 1.82) is 0 Å². The molecule has 6 nitrogen and oxygen atoms in total. The predicted octanol–water partition coefficient (Wildman–Crippen LogP) is 1.29. The van der Waals surface area contributed by atoms with E-state index in [1.54, 1.807) is 6.92 Å². The van der Waals surface area contributed by atoms with Gasteiger partial charge in [0.25, 0.3) is 0 Å². The molecule has 0 aliphatic carbocycles. The minimum absolute atomic E-state index is 0.105. The lowest BCUT2D eigenvalue weighted by molar-refractivity contribution is 0.0481. The van der Waals surface area contributed by atoms with Crippen molar-refractivity contribution in [3.63, 3.8) is 0 Å². The van der Waals surface area contributed by atoms with Crippen molar-refractivity contribution in [2.75, 3.05) is 19.8 Å². The standard InChI is InChI=1S/C12H16N2O4/c1-8-10(11(15)16)6-13-12(14-8)18-7-9-2-4-17-5-3-9/h6,9H,2-5,7H2,1H3,(H,15,16). The fourth-order valence-electron chi connectivity index (χ4n) is 1.83. The van der Waals surface area contributed by atoms with Gasteiger partial charge in [-0.2, -0.15) is 4.98 Å². The summed E-state index contributed by atoms with van der Waals surface area (Å²) >= 11 is 0. The minimum atomic E-state index is -1.02. The van der Waals surface area contributed by atoms with Crippen LogP contribution in [0, 0.1) is 12.8 Å². The fraction of sp³-hybridized carbons (Fsp3) is 0.583. The lowest BCUT2D eigenvalue weighted by Gasteiger charge is -2.21. The Balaban J connectivity index is 1.93. The van der Waals surface area contributed by atoms with Crippen LogP contribution in [0.2, 0.25) is 0 Å². The number of aryl methyl sites for hydroxylation is 1. The molecule has 0 spiro atoms. The fourth-order valence-corrected chi connectivity index (χ4v) is 1.83. The molecule has 0 atom stereocenters. The van der Waals surface area contributed by atoms with Crippen molar-refractivity contribution >= 4 is 5.97 Å². The molecule has 0 amide bonds. The van der Waals surface area contributed by atoms with E-state index in [4.69, 9.17) is 14.6 Å². The van der Waals surface area contributed by atoms with Crippen LogP contribution in [0.1, 0.15) is 28.9 Å². The molecule has 0 radical (unpaired) electrons. The van der Waals surface area contributed by atoms with E-state index in [9.17, 15) is 4.79 Å². The van der Waals surface area contributed by atoms with Gasteiger partial charge >= 0.3 is 12.0 Å². The van der Waals surface area contributed by atoms with Gasteiger partial charge in [-0.15, -0.1) is 0 Å². The van der Waals surface area contributed by atoms with Crippen LogP contribution in [0.25, 0.3) is 0 Å². The molecule has 1 N–H and O–H groups in total. The minimum Gasteiger partial charge on any atom is -0.478 e. The first-order valence-electron chi connectivity index (χ1n) is 5.94. The SMILES string of the molecule is Cc1nc(OCC2CCOCC2)ncc1C(=O)O. The van der Waals surface area contributed by atoms with Crippen LogP contribution in [0.5, 0.6) is 6.01 Å². The van der Waals surface area contributed by atoms with E-state index in [2.05, 4.69) is 9.97 Å². The van der Waals surface area contributed by atoms with Crippen molar-refractivity contribution in [1.82, 2.24) is 9.97 Å². The van der Waals surface area contributed by atoms with Crippen molar-refractivity contribution in [2.24, 2.45) is 5.92 Å². The van der Waals surface area contributed by atoms with Gasteiger partial charge in [0.15, 0.2) is 0 Å². The van der Waals surface area contributed by atoms with E-state index in [-0.39, 0.29) is 11.6 Å². The smallest absolute Gasteiger partial charge is 0.339 e. The molecule has 1 saturated heterocycles. The Hall–Kier alpha value is -1.69. The van der Waals surface area contributed by atoms with Gasteiger partial charge in [-0.05, 0) is 25.7 Å². The number of aromatic carboxylic acids is 1. The zero-order valence-corrected chi connectivity index (χ0v) is 10.3. The average Bonchev–Trinajstić information content (AvgIpc) is 2.37. The molecule has 1 aliphatic heterocycles. The molecule has 2 heterocycles. The maximum atomic E-state index is 10.8. The molecule has 0 unspecified atom stereocenters. The predicted molar refractivity (Wildman–Crippen MR) is 62.8 cm³/mol. The molecular weight excluding hydrogens is 236 g/mol. The molecule has 6 heteroatoms. The molecule has 1 aliphatic rings. The monoisotopic (exact) mass is 252 g/mol. The maximum absolute atomic E-state index is 10.8. The number of carboxylic acids is 1. The second-order valence-corrected chi connectivity index (χ2v) is 4.32. The summed E-state index contributed by atoms with van der Waals surface area (Å²) in [6.07, 6.45) is 3.24. The number of ether oxygens (including phenoxy) is 2. The van der Waals surface area contributed by atoms with Crippen LogP contribution >= 0.6 is 0 Å². The van der Waals surface area contributed by atoms with E-state index in [0.29, 0.717) is 18.2 Å². The van der Waals surface area contributed by atoms with Crippen LogP contribution in [0.4, 0.5) is 0 Å². The molecule has 2 rings (SSSR count). The second-order valence-electron chi connectivity index (χ2n) is 4.32. The summed E-state index contributed by atoms with van der Waals surface area (Å²) in [5, 5.41) is 8.86. The summed E-state index contributed by atoms with van der Waals surface area (Å²) < 4.78 is 10.8. The number of aromatic nitrogens is 2. The summed E-state index contributed by atoms with van der Waals surface area (Å²) in [6.45, 7) is 3.72. The van der Waals surface area contributed by atoms with Gasteiger partial charge in [-0.3, -0.25) is 0 Å². The van der Waals surface area contributed by atoms with Crippen LogP contribution in [-0.2, 0) is 4.74 Å². The lowest BCUT2D eigenvalue weighted by atomic mass is 10.0. The number of carboxylic acid groups (broad SMARTS) is 1. The van der Waals surface area contributed by atoms with Crippen molar-refractivity contribution in [2.45, 2.75) is 19.8 Å². The first-order chi connectivity index (χ1) is 8.66. The van der Waals surface area contributed by atoms with Gasteiger partial charge in [0.05, 0.1) is 17.9 Å². The van der Waals surface area contributed by atoms with E-state index in [0.717, 1.165) is 26.1 Å². The Morgan fingerprint density at radius 1 is 1.56 bits per heavy atom. The van der Waals surface area contributed by atoms with Crippen LogP contribution in [-0.4, -0.2) is 40.9 Å². The summed E-state index contributed by atoms with van der Waals surface area (Å²) in [5.41, 5.74) is 0.521. The van der Waals surface area contributed by atoms with Gasteiger partial charge < -0.3 is 14.6 Å². The first kappa shape index (κ1) is 12.8. The number of rotatable bonds is 4. The third-order valence-electron chi connectivity index (χ3n) is 2.98. The molecule has 18 heavy (non-hydrogen) atoms. The quantitative estimate of drug-likeness (QED) is 0.869. The molecule has 1 fully saturated rings. The van der Waals surface area contributed by atoms with Gasteiger partial charge in [-0.25, -0.2) is 9.78 Å². The highest BCUT2D eigenvalue weighted by molar-refractivity contribution is 5.88. The number of hydrogen-bond donors (Lipinski definition) is 1. The Morgan fingerprint density at radius 2 is 2.28 bits per heavy atom. The third-order valence-corrected chi connectivity index (χ3v) is 2.98. The van der Waals surface area contributed by atoms with E-state index in [1.807, 2.05) is 0 Å².